The summed E-state index contributed by atoms with van der Waals surface area (Å²) in [5.74, 6) is -0.461. The van der Waals surface area contributed by atoms with Crippen molar-refractivity contribution in [1.82, 2.24) is 0 Å². The zero-order valence-electron chi connectivity index (χ0n) is 24.7. The van der Waals surface area contributed by atoms with Crippen molar-refractivity contribution in [2.24, 2.45) is 11.7 Å². The Bertz CT molecular complexity index is 1300. The number of aryl methyl sites for hydroxylation is 1. The van der Waals surface area contributed by atoms with Crippen LogP contribution in [0.3, 0.4) is 0 Å². The Kier molecular flexibility index (Phi) is 13.1. The monoisotopic (exact) mass is 636 g/mol. The minimum Gasteiger partial charge on any atom is -0.491 e. The smallest absolute Gasteiger partial charge is 0.460 e. The second kappa shape index (κ2) is 16.2. The number of nitrogens with two attached hydrogens (primary N) is 1. The number of anilines is 1. The molecule has 0 aromatic heterocycles. The average molecular weight is 637 g/mol. The van der Waals surface area contributed by atoms with Gasteiger partial charge in [-0.1, -0.05) is 60.6 Å². The molecule has 0 spiro atoms. The summed E-state index contributed by atoms with van der Waals surface area (Å²) in [4.78, 5) is 26.5. The van der Waals surface area contributed by atoms with Crippen molar-refractivity contribution in [3.05, 3.63) is 82.9 Å². The summed E-state index contributed by atoms with van der Waals surface area (Å²) in [6.45, 7) is 9.34. The molecule has 1 aliphatic rings. The van der Waals surface area contributed by atoms with Crippen molar-refractivity contribution >= 4 is 40.1 Å². The second-order valence-corrected chi connectivity index (χ2v) is 12.5. The number of thioether (sulfide) groups is 1. The normalized spacial score (nSPS) is 16.8. The summed E-state index contributed by atoms with van der Waals surface area (Å²) in [6, 6.07) is 11.3. The van der Waals surface area contributed by atoms with E-state index in [1.807, 2.05) is 37.3 Å². The molecule has 5 nitrogen and oxygen atoms in total. The molecule has 3 atom stereocenters. The summed E-state index contributed by atoms with van der Waals surface area (Å²) in [5, 5.41) is -1.72. The lowest BCUT2D eigenvalue weighted by molar-refractivity contribution is -0.160. The summed E-state index contributed by atoms with van der Waals surface area (Å²) in [5.41, 5.74) is 9.01. The van der Waals surface area contributed by atoms with E-state index in [2.05, 4.69) is 17.5 Å². The van der Waals surface area contributed by atoms with E-state index in [1.54, 1.807) is 25.1 Å². The van der Waals surface area contributed by atoms with Gasteiger partial charge in [0.15, 0.2) is 0 Å². The first-order valence-corrected chi connectivity index (χ1v) is 15.9. The van der Waals surface area contributed by atoms with Crippen molar-refractivity contribution in [2.75, 3.05) is 24.6 Å². The Morgan fingerprint density at radius 1 is 1.26 bits per heavy atom. The second-order valence-electron chi connectivity index (χ2n) is 10.7. The highest BCUT2D eigenvalue weighted by Crippen LogP contribution is 2.44. The number of carbonyl (C=O) groups excluding carboxylic acids is 2. The standard InChI is InChI=1S/C33H40ClF3N2O3S/c1-4-10-24(22(3)43-32(41)33(35,36)37)15-16-25-13-9-19-39(5-2)30-28(18-17-27(29(25)30)31(38)40)42-20-7-6-11-23-12-8-14-26(34)21-23/h4,8,12,14-18,21-22,24-25H,1,5-7,9-11,13,19-20H2,2-3H3,(H2,38,40)/b16-15+/t22-,24-,25-/m1/s1. The molecule has 1 heterocycles. The molecule has 0 bridgehead atoms. The molecule has 2 aromatic carbocycles. The molecule has 1 amide bonds. The van der Waals surface area contributed by atoms with Crippen LogP contribution in [-0.2, 0) is 11.2 Å². The number of rotatable bonds is 14. The van der Waals surface area contributed by atoms with Crippen molar-refractivity contribution < 1.29 is 27.5 Å². The van der Waals surface area contributed by atoms with Gasteiger partial charge in [-0.2, -0.15) is 13.2 Å². The van der Waals surface area contributed by atoms with Gasteiger partial charge in [0.05, 0.1) is 12.3 Å². The fraction of sp³-hybridized carbons (Fsp3) is 0.455. The molecule has 2 aromatic rings. The number of unbranched alkanes of at least 4 members (excludes halogenated alkanes) is 1. The Morgan fingerprint density at radius 2 is 2.02 bits per heavy atom. The van der Waals surface area contributed by atoms with E-state index in [9.17, 15) is 22.8 Å². The zero-order valence-corrected chi connectivity index (χ0v) is 26.2. The largest absolute Gasteiger partial charge is 0.491 e. The van der Waals surface area contributed by atoms with Crippen LogP contribution in [0.2, 0.25) is 5.02 Å². The third-order valence-corrected chi connectivity index (χ3v) is 9.02. The molecule has 0 fully saturated rings. The molecule has 10 heteroatoms. The number of nitrogens with zero attached hydrogens (tertiary/aromatic N) is 1. The van der Waals surface area contributed by atoms with Crippen LogP contribution in [0.1, 0.15) is 73.4 Å². The molecule has 43 heavy (non-hydrogen) atoms. The zero-order chi connectivity index (χ0) is 31.6. The number of hydrogen-bond acceptors (Lipinski definition) is 5. The van der Waals surface area contributed by atoms with Crippen molar-refractivity contribution in [3.63, 3.8) is 0 Å². The van der Waals surface area contributed by atoms with Crippen LogP contribution in [-0.4, -0.2) is 42.1 Å². The molecule has 1 aliphatic heterocycles. The topological polar surface area (TPSA) is 72.6 Å². The molecule has 2 N–H and O–H groups in total. The number of alkyl halides is 3. The van der Waals surface area contributed by atoms with E-state index in [4.69, 9.17) is 22.1 Å². The first-order chi connectivity index (χ1) is 20.5. The number of benzene rings is 2. The lowest BCUT2D eigenvalue weighted by Crippen LogP contribution is -2.26. The number of primary amides is 1. The van der Waals surface area contributed by atoms with Crippen LogP contribution < -0.4 is 15.4 Å². The predicted octanol–water partition coefficient (Wildman–Crippen LogP) is 8.50. The average Bonchev–Trinajstić information content (AvgIpc) is 3.14. The van der Waals surface area contributed by atoms with Crippen LogP contribution >= 0.6 is 23.4 Å². The minimum absolute atomic E-state index is 0.219. The van der Waals surface area contributed by atoms with Crippen LogP contribution in [0.15, 0.2) is 61.2 Å². The van der Waals surface area contributed by atoms with Crippen LogP contribution in [0.5, 0.6) is 5.75 Å². The molecular formula is C33H40ClF3N2O3S. The van der Waals surface area contributed by atoms with E-state index in [-0.39, 0.29) is 23.6 Å². The maximum Gasteiger partial charge on any atom is 0.460 e. The van der Waals surface area contributed by atoms with Crippen molar-refractivity contribution in [2.45, 2.75) is 69.7 Å². The van der Waals surface area contributed by atoms with Gasteiger partial charge in [-0.05, 0) is 86.8 Å². The summed E-state index contributed by atoms with van der Waals surface area (Å²) in [7, 11) is 0. The van der Waals surface area contributed by atoms with Gasteiger partial charge >= 0.3 is 6.18 Å². The van der Waals surface area contributed by atoms with E-state index in [0.29, 0.717) is 42.3 Å². The lowest BCUT2D eigenvalue weighted by atomic mass is 9.87. The number of hydrogen-bond donors (Lipinski definition) is 1. The summed E-state index contributed by atoms with van der Waals surface area (Å²) >= 11 is 6.39. The number of ether oxygens (including phenoxy) is 1. The highest BCUT2D eigenvalue weighted by molar-refractivity contribution is 8.14. The van der Waals surface area contributed by atoms with Gasteiger partial charge in [0.25, 0.3) is 5.12 Å². The fourth-order valence-electron chi connectivity index (χ4n) is 5.41. The van der Waals surface area contributed by atoms with Gasteiger partial charge < -0.3 is 15.4 Å². The van der Waals surface area contributed by atoms with Gasteiger partial charge in [-0.25, -0.2) is 0 Å². The Morgan fingerprint density at radius 3 is 2.67 bits per heavy atom. The number of carbonyl (C=O) groups is 2. The first-order valence-electron chi connectivity index (χ1n) is 14.6. The van der Waals surface area contributed by atoms with E-state index in [0.717, 1.165) is 43.5 Å². The van der Waals surface area contributed by atoms with E-state index >= 15 is 0 Å². The third-order valence-electron chi connectivity index (χ3n) is 7.62. The van der Waals surface area contributed by atoms with Crippen molar-refractivity contribution in [3.8, 4) is 5.75 Å². The Balaban J connectivity index is 1.87. The van der Waals surface area contributed by atoms with Crippen LogP contribution in [0, 0.1) is 5.92 Å². The number of allylic oxidation sites excluding steroid dienone is 3. The van der Waals surface area contributed by atoms with Crippen LogP contribution in [0.25, 0.3) is 0 Å². The highest BCUT2D eigenvalue weighted by atomic mass is 35.5. The Hall–Kier alpha value is -2.91. The van der Waals surface area contributed by atoms with Gasteiger partial charge in [0.1, 0.15) is 5.75 Å². The molecule has 0 saturated heterocycles. The lowest BCUT2D eigenvalue weighted by Gasteiger charge is -2.28. The SMILES string of the molecule is C=CC[C@H](/C=C/[C@H]1CCCN(CC)c2c(OCCCCc3cccc(Cl)c3)ccc(C(N)=O)c21)[C@@H](C)SC(=O)C(F)(F)F. The molecule has 3 rings (SSSR count). The van der Waals surface area contributed by atoms with Crippen LogP contribution in [0.4, 0.5) is 18.9 Å². The third kappa shape index (κ3) is 9.80. The number of halogens is 4. The van der Waals surface area contributed by atoms with Gasteiger partial charge in [0.2, 0.25) is 5.91 Å². The number of fused-ring (bicyclic) bond motifs is 1. The molecule has 0 unspecified atom stereocenters. The van der Waals surface area contributed by atoms with Crippen molar-refractivity contribution in [1.29, 1.82) is 0 Å². The Labute approximate surface area is 261 Å². The van der Waals surface area contributed by atoms with Gasteiger partial charge in [-0.15, -0.1) is 6.58 Å². The maximum absolute atomic E-state index is 12.9. The minimum atomic E-state index is -4.90. The van der Waals surface area contributed by atoms with Gasteiger partial charge in [-0.3, -0.25) is 9.59 Å². The fourth-order valence-corrected chi connectivity index (χ4v) is 6.47. The summed E-state index contributed by atoms with van der Waals surface area (Å²) in [6.07, 6.45) is 5.11. The predicted molar refractivity (Wildman–Crippen MR) is 170 cm³/mol. The highest BCUT2D eigenvalue weighted by Gasteiger charge is 2.40. The number of amides is 1. The molecule has 0 aliphatic carbocycles. The quantitative estimate of drug-likeness (QED) is 0.166. The van der Waals surface area contributed by atoms with E-state index < -0.39 is 22.4 Å². The first kappa shape index (κ1) is 34.6. The molecule has 0 saturated carbocycles. The van der Waals surface area contributed by atoms with E-state index in [1.165, 1.54) is 5.56 Å². The molecule has 0 radical (unpaired) electrons. The van der Waals surface area contributed by atoms with Gasteiger partial charge in [0, 0.05) is 34.8 Å². The maximum atomic E-state index is 12.9. The molecular weight excluding hydrogens is 597 g/mol. The molecule has 234 valence electrons. The summed E-state index contributed by atoms with van der Waals surface area (Å²) < 4.78 is 45.1.